The van der Waals surface area contributed by atoms with Crippen LogP contribution >= 0.6 is 15.9 Å². The van der Waals surface area contributed by atoms with Crippen molar-refractivity contribution in [2.24, 2.45) is 5.10 Å². The van der Waals surface area contributed by atoms with Gasteiger partial charge in [-0.05, 0) is 51.7 Å². The largest absolute Gasteiger partial charge is 0.496 e. The van der Waals surface area contributed by atoms with E-state index < -0.39 is 0 Å². The van der Waals surface area contributed by atoms with Crippen molar-refractivity contribution in [2.45, 2.75) is 12.8 Å². The van der Waals surface area contributed by atoms with E-state index in [1.165, 1.54) is 0 Å². The topological polar surface area (TPSA) is 50.7 Å². The fourth-order valence-corrected chi connectivity index (χ4v) is 2.46. The summed E-state index contributed by atoms with van der Waals surface area (Å²) < 4.78 is 6.00. The average molecular weight is 361 g/mol. The monoisotopic (exact) mass is 360 g/mol. The number of carbonyl (C=O) groups excluding carboxylic acids is 1. The number of carbonyl (C=O) groups is 1. The van der Waals surface area contributed by atoms with Crippen LogP contribution in [0.15, 0.2) is 58.1 Å². The first-order valence-corrected chi connectivity index (χ1v) is 7.67. The van der Waals surface area contributed by atoms with Crippen LogP contribution in [0.2, 0.25) is 0 Å². The first kappa shape index (κ1) is 16.2. The summed E-state index contributed by atoms with van der Waals surface area (Å²) in [5.41, 5.74) is 4.54. The van der Waals surface area contributed by atoms with Gasteiger partial charge < -0.3 is 4.74 Å². The Morgan fingerprint density at radius 3 is 2.73 bits per heavy atom. The number of benzene rings is 2. The van der Waals surface area contributed by atoms with Crippen LogP contribution in [0.5, 0.6) is 5.75 Å². The van der Waals surface area contributed by atoms with Gasteiger partial charge >= 0.3 is 0 Å². The van der Waals surface area contributed by atoms with Crippen molar-refractivity contribution in [3.8, 4) is 5.75 Å². The molecule has 0 atom stereocenters. The lowest BCUT2D eigenvalue weighted by atomic mass is 10.1. The summed E-state index contributed by atoms with van der Waals surface area (Å²) in [6.45, 7) is 0. The zero-order valence-corrected chi connectivity index (χ0v) is 13.8. The summed E-state index contributed by atoms with van der Waals surface area (Å²) in [5, 5.41) is 3.96. The molecule has 1 amide bonds. The Hall–Kier alpha value is -2.14. The molecule has 0 saturated heterocycles. The molecule has 0 aliphatic heterocycles. The van der Waals surface area contributed by atoms with Gasteiger partial charge in [-0.15, -0.1) is 0 Å². The molecular formula is C17H17BrN2O2. The molecule has 5 heteroatoms. The molecule has 0 radical (unpaired) electrons. The molecule has 0 heterocycles. The van der Waals surface area contributed by atoms with Crippen LogP contribution in [-0.2, 0) is 11.2 Å². The van der Waals surface area contributed by atoms with Crippen LogP contribution in [0, 0.1) is 0 Å². The standard InChI is InChI=1S/C17H17BrN2O2/c1-22-16-9-7-14(11-15(16)18)12-19-20-17(21)10-8-13-5-3-2-4-6-13/h2-7,9,11-12H,8,10H2,1H3,(H,20,21)/b19-12-. The number of nitrogens with zero attached hydrogens (tertiary/aromatic N) is 1. The maximum absolute atomic E-state index is 11.7. The van der Waals surface area contributed by atoms with E-state index >= 15 is 0 Å². The Balaban J connectivity index is 1.81. The summed E-state index contributed by atoms with van der Waals surface area (Å²) in [6, 6.07) is 15.5. The van der Waals surface area contributed by atoms with Crippen molar-refractivity contribution in [2.75, 3.05) is 7.11 Å². The highest BCUT2D eigenvalue weighted by atomic mass is 79.9. The Bertz CT molecular complexity index is 657. The number of hydrogen-bond acceptors (Lipinski definition) is 3. The normalized spacial score (nSPS) is 10.6. The van der Waals surface area contributed by atoms with E-state index in [0.29, 0.717) is 12.8 Å². The van der Waals surface area contributed by atoms with Gasteiger partial charge in [-0.3, -0.25) is 4.79 Å². The van der Waals surface area contributed by atoms with E-state index in [1.54, 1.807) is 13.3 Å². The lowest BCUT2D eigenvalue weighted by molar-refractivity contribution is -0.121. The molecule has 0 aromatic heterocycles. The maximum atomic E-state index is 11.7. The molecule has 0 unspecified atom stereocenters. The molecule has 0 saturated carbocycles. The van der Waals surface area contributed by atoms with Gasteiger partial charge in [0.25, 0.3) is 0 Å². The fourth-order valence-electron chi connectivity index (χ4n) is 1.90. The van der Waals surface area contributed by atoms with Crippen LogP contribution < -0.4 is 10.2 Å². The number of amides is 1. The van der Waals surface area contributed by atoms with Crippen LogP contribution in [-0.4, -0.2) is 19.2 Å². The second kappa shape index (κ2) is 8.34. The predicted molar refractivity (Wildman–Crippen MR) is 91.2 cm³/mol. The maximum Gasteiger partial charge on any atom is 0.240 e. The molecule has 2 rings (SSSR count). The van der Waals surface area contributed by atoms with Crippen LogP contribution in [0.4, 0.5) is 0 Å². The van der Waals surface area contributed by atoms with E-state index in [2.05, 4.69) is 26.5 Å². The van der Waals surface area contributed by atoms with E-state index in [4.69, 9.17) is 4.74 Å². The third kappa shape index (κ3) is 5.00. The summed E-state index contributed by atoms with van der Waals surface area (Å²) in [6.07, 6.45) is 2.72. The number of rotatable bonds is 6. The molecule has 0 aliphatic carbocycles. The summed E-state index contributed by atoms with van der Waals surface area (Å²) in [7, 11) is 1.61. The molecule has 2 aromatic rings. The zero-order chi connectivity index (χ0) is 15.8. The van der Waals surface area contributed by atoms with Gasteiger partial charge in [-0.2, -0.15) is 5.10 Å². The zero-order valence-electron chi connectivity index (χ0n) is 12.3. The molecule has 0 bridgehead atoms. The number of ether oxygens (including phenoxy) is 1. The van der Waals surface area contributed by atoms with Crippen molar-refractivity contribution in [3.63, 3.8) is 0 Å². The van der Waals surface area contributed by atoms with Gasteiger partial charge in [-0.25, -0.2) is 5.43 Å². The molecule has 4 nitrogen and oxygen atoms in total. The Morgan fingerprint density at radius 1 is 1.27 bits per heavy atom. The highest BCUT2D eigenvalue weighted by Gasteiger charge is 2.01. The van der Waals surface area contributed by atoms with Gasteiger partial charge in [0.1, 0.15) is 5.75 Å². The molecule has 0 fully saturated rings. The number of hydrogen-bond donors (Lipinski definition) is 1. The molecule has 0 spiro atoms. The van der Waals surface area contributed by atoms with Gasteiger partial charge in [-0.1, -0.05) is 30.3 Å². The Labute approximate surface area is 138 Å². The number of nitrogens with one attached hydrogen (secondary N) is 1. The van der Waals surface area contributed by atoms with Crippen molar-refractivity contribution in [1.82, 2.24) is 5.43 Å². The van der Waals surface area contributed by atoms with Crippen LogP contribution in [0.25, 0.3) is 0 Å². The number of hydrazone groups is 1. The fraction of sp³-hybridized carbons (Fsp3) is 0.176. The third-order valence-electron chi connectivity index (χ3n) is 3.06. The first-order valence-electron chi connectivity index (χ1n) is 6.88. The van der Waals surface area contributed by atoms with Crippen molar-refractivity contribution < 1.29 is 9.53 Å². The second-order valence-electron chi connectivity index (χ2n) is 4.67. The molecule has 22 heavy (non-hydrogen) atoms. The molecule has 2 aromatic carbocycles. The third-order valence-corrected chi connectivity index (χ3v) is 3.68. The molecular weight excluding hydrogens is 344 g/mol. The smallest absolute Gasteiger partial charge is 0.240 e. The highest BCUT2D eigenvalue weighted by molar-refractivity contribution is 9.10. The van der Waals surface area contributed by atoms with Gasteiger partial charge in [0, 0.05) is 6.42 Å². The summed E-state index contributed by atoms with van der Waals surface area (Å²) in [5.74, 6) is 0.650. The number of halogens is 1. The Kier molecular flexibility index (Phi) is 6.15. The minimum absolute atomic E-state index is 0.104. The van der Waals surface area contributed by atoms with E-state index in [0.717, 1.165) is 21.3 Å². The minimum Gasteiger partial charge on any atom is -0.496 e. The molecule has 1 N–H and O–H groups in total. The SMILES string of the molecule is COc1ccc(/C=N\NC(=O)CCc2ccccc2)cc1Br. The van der Waals surface area contributed by atoms with E-state index in [1.807, 2.05) is 48.5 Å². The quantitative estimate of drug-likeness (QED) is 0.632. The molecule has 114 valence electrons. The van der Waals surface area contributed by atoms with Crippen LogP contribution in [0.1, 0.15) is 17.5 Å². The number of methoxy groups -OCH3 is 1. The van der Waals surface area contributed by atoms with E-state index in [-0.39, 0.29) is 5.91 Å². The first-order chi connectivity index (χ1) is 10.7. The van der Waals surface area contributed by atoms with Gasteiger partial charge in [0.05, 0.1) is 17.8 Å². The minimum atomic E-state index is -0.104. The van der Waals surface area contributed by atoms with Crippen molar-refractivity contribution >= 4 is 28.1 Å². The lowest BCUT2D eigenvalue weighted by Crippen LogP contribution is -2.17. The lowest BCUT2D eigenvalue weighted by Gasteiger charge is -2.03. The second-order valence-corrected chi connectivity index (χ2v) is 5.53. The predicted octanol–water partition coefficient (Wildman–Crippen LogP) is 3.54. The van der Waals surface area contributed by atoms with E-state index in [9.17, 15) is 4.79 Å². The number of aryl methyl sites for hydroxylation is 1. The highest BCUT2D eigenvalue weighted by Crippen LogP contribution is 2.24. The summed E-state index contributed by atoms with van der Waals surface area (Å²) >= 11 is 3.40. The average Bonchev–Trinajstić information content (AvgIpc) is 2.54. The van der Waals surface area contributed by atoms with Crippen molar-refractivity contribution in [1.29, 1.82) is 0 Å². The van der Waals surface area contributed by atoms with Gasteiger partial charge in [0.2, 0.25) is 5.91 Å². The summed E-state index contributed by atoms with van der Waals surface area (Å²) in [4.78, 5) is 11.7. The van der Waals surface area contributed by atoms with Crippen molar-refractivity contribution in [3.05, 3.63) is 64.1 Å². The van der Waals surface area contributed by atoms with Crippen LogP contribution in [0.3, 0.4) is 0 Å². The molecule has 0 aliphatic rings. The Morgan fingerprint density at radius 2 is 2.05 bits per heavy atom. The van der Waals surface area contributed by atoms with Gasteiger partial charge in [0.15, 0.2) is 0 Å².